The van der Waals surface area contributed by atoms with Crippen molar-refractivity contribution in [2.75, 3.05) is 18.1 Å². The summed E-state index contributed by atoms with van der Waals surface area (Å²) >= 11 is 0. The minimum Gasteiger partial charge on any atom is -0.395 e. The molecule has 0 bridgehead atoms. The highest BCUT2D eigenvalue weighted by Crippen LogP contribution is 2.29. The molecule has 0 atom stereocenters. The molecule has 13 heavy (non-hydrogen) atoms. The van der Waals surface area contributed by atoms with Crippen molar-refractivity contribution in [3.63, 3.8) is 0 Å². The third-order valence-electron chi connectivity index (χ3n) is 2.38. The zero-order valence-corrected chi connectivity index (χ0v) is 7.85. The first-order valence-corrected chi connectivity index (χ1v) is 4.67. The summed E-state index contributed by atoms with van der Waals surface area (Å²) in [5.41, 5.74) is 0. The van der Waals surface area contributed by atoms with Crippen LogP contribution in [0, 0.1) is 0 Å². The average Bonchev–Trinajstić information content (AvgIpc) is 2.86. The molecule has 0 radical (unpaired) electrons. The summed E-state index contributed by atoms with van der Waals surface area (Å²) in [6.45, 7) is 0.888. The first-order valence-electron chi connectivity index (χ1n) is 4.67. The lowest BCUT2D eigenvalue weighted by Crippen LogP contribution is -2.31. The molecule has 1 aromatic rings. The van der Waals surface area contributed by atoms with E-state index < -0.39 is 0 Å². The summed E-state index contributed by atoms with van der Waals surface area (Å²) in [6, 6.07) is 0.605. The minimum atomic E-state index is 0.198. The van der Waals surface area contributed by atoms with Gasteiger partial charge in [0.1, 0.15) is 0 Å². The van der Waals surface area contributed by atoms with Crippen molar-refractivity contribution >= 4 is 5.95 Å². The third kappa shape index (κ3) is 1.67. The van der Waals surface area contributed by atoms with Crippen molar-refractivity contribution in [1.29, 1.82) is 0 Å². The molecule has 0 amide bonds. The summed E-state index contributed by atoms with van der Waals surface area (Å²) < 4.78 is 1.99. The molecule has 1 fully saturated rings. The van der Waals surface area contributed by atoms with Gasteiger partial charge in [-0.2, -0.15) is 0 Å². The van der Waals surface area contributed by atoms with E-state index in [0.717, 1.165) is 5.95 Å². The second-order valence-corrected chi connectivity index (χ2v) is 3.49. The van der Waals surface area contributed by atoms with E-state index in [1.807, 2.05) is 17.8 Å². The molecule has 1 aliphatic carbocycles. The van der Waals surface area contributed by atoms with Crippen LogP contribution in [0.1, 0.15) is 12.8 Å². The molecule has 0 aliphatic heterocycles. The van der Waals surface area contributed by atoms with E-state index in [1.54, 1.807) is 6.20 Å². The second-order valence-electron chi connectivity index (χ2n) is 3.49. The zero-order valence-electron chi connectivity index (χ0n) is 7.85. The lowest BCUT2D eigenvalue weighted by molar-refractivity contribution is 0.300. The van der Waals surface area contributed by atoms with Crippen molar-refractivity contribution in [2.45, 2.75) is 18.9 Å². The lowest BCUT2D eigenvalue weighted by atomic mass is 10.5. The number of hydrogen-bond donors (Lipinski definition) is 1. The van der Waals surface area contributed by atoms with Crippen LogP contribution in [0.5, 0.6) is 0 Å². The van der Waals surface area contributed by atoms with Crippen LogP contribution >= 0.6 is 0 Å². The Morgan fingerprint density at radius 2 is 2.46 bits per heavy atom. The van der Waals surface area contributed by atoms with E-state index >= 15 is 0 Å². The molecule has 1 heterocycles. The molecule has 4 nitrogen and oxygen atoms in total. The monoisotopic (exact) mass is 181 g/mol. The molecular weight excluding hydrogens is 166 g/mol. The Morgan fingerprint density at radius 3 is 2.92 bits per heavy atom. The standard InChI is InChI=1S/C9H15N3O/c1-11-5-4-10-9(11)12(6-7-13)8-2-3-8/h4-5,8,13H,2-3,6-7H2,1H3. The van der Waals surface area contributed by atoms with Crippen LogP contribution in [-0.4, -0.2) is 33.9 Å². The quantitative estimate of drug-likeness (QED) is 0.730. The highest BCUT2D eigenvalue weighted by Gasteiger charge is 2.30. The molecule has 2 rings (SSSR count). The number of aromatic nitrogens is 2. The van der Waals surface area contributed by atoms with Crippen LogP contribution in [-0.2, 0) is 7.05 Å². The number of nitrogens with zero attached hydrogens (tertiary/aromatic N) is 3. The fraction of sp³-hybridized carbons (Fsp3) is 0.667. The molecule has 0 aromatic carbocycles. The Balaban J connectivity index is 2.14. The number of anilines is 1. The molecular formula is C9H15N3O. The number of aryl methyl sites for hydroxylation is 1. The largest absolute Gasteiger partial charge is 0.395 e. The fourth-order valence-corrected chi connectivity index (χ4v) is 1.57. The van der Waals surface area contributed by atoms with Gasteiger partial charge < -0.3 is 14.6 Å². The number of hydrogen-bond acceptors (Lipinski definition) is 3. The third-order valence-corrected chi connectivity index (χ3v) is 2.38. The molecule has 0 saturated heterocycles. The molecule has 0 unspecified atom stereocenters. The minimum absolute atomic E-state index is 0.198. The topological polar surface area (TPSA) is 41.3 Å². The van der Waals surface area contributed by atoms with Crippen LogP contribution in [0.2, 0.25) is 0 Å². The molecule has 1 N–H and O–H groups in total. The SMILES string of the molecule is Cn1ccnc1N(CCO)C1CC1. The van der Waals surface area contributed by atoms with Crippen LogP contribution in [0.3, 0.4) is 0 Å². The predicted octanol–water partition coefficient (Wildman–Crippen LogP) is 0.381. The van der Waals surface area contributed by atoms with Gasteiger partial charge in [0.2, 0.25) is 5.95 Å². The van der Waals surface area contributed by atoms with Gasteiger partial charge in [0.25, 0.3) is 0 Å². The molecule has 1 saturated carbocycles. The van der Waals surface area contributed by atoms with Gasteiger partial charge >= 0.3 is 0 Å². The molecule has 0 spiro atoms. The number of rotatable bonds is 4. The summed E-state index contributed by atoms with van der Waals surface area (Å²) in [4.78, 5) is 6.45. The van der Waals surface area contributed by atoms with Gasteiger partial charge in [-0.25, -0.2) is 4.98 Å². The number of aliphatic hydroxyl groups is 1. The summed E-state index contributed by atoms with van der Waals surface area (Å²) in [5, 5.41) is 8.92. The van der Waals surface area contributed by atoms with Crippen molar-refractivity contribution in [2.24, 2.45) is 7.05 Å². The van der Waals surface area contributed by atoms with E-state index in [2.05, 4.69) is 9.88 Å². The summed E-state index contributed by atoms with van der Waals surface area (Å²) in [6.07, 6.45) is 6.18. The lowest BCUT2D eigenvalue weighted by Gasteiger charge is -2.22. The van der Waals surface area contributed by atoms with E-state index in [9.17, 15) is 0 Å². The highest BCUT2D eigenvalue weighted by atomic mass is 16.3. The van der Waals surface area contributed by atoms with E-state index in [4.69, 9.17) is 5.11 Å². The number of imidazole rings is 1. The summed E-state index contributed by atoms with van der Waals surface area (Å²) in [5.74, 6) is 0.969. The maximum atomic E-state index is 8.92. The van der Waals surface area contributed by atoms with E-state index in [1.165, 1.54) is 12.8 Å². The molecule has 1 aromatic heterocycles. The van der Waals surface area contributed by atoms with Gasteiger partial charge in [0.05, 0.1) is 6.61 Å². The first-order chi connectivity index (χ1) is 6.33. The first kappa shape index (κ1) is 8.56. The van der Waals surface area contributed by atoms with Crippen LogP contribution in [0.15, 0.2) is 12.4 Å². The Labute approximate surface area is 77.8 Å². The van der Waals surface area contributed by atoms with Crippen LogP contribution in [0.4, 0.5) is 5.95 Å². The van der Waals surface area contributed by atoms with Crippen molar-refractivity contribution in [3.05, 3.63) is 12.4 Å². The van der Waals surface area contributed by atoms with Crippen LogP contribution < -0.4 is 4.90 Å². The van der Waals surface area contributed by atoms with Crippen molar-refractivity contribution in [1.82, 2.24) is 9.55 Å². The van der Waals surface area contributed by atoms with Gasteiger partial charge in [0, 0.05) is 32.0 Å². The van der Waals surface area contributed by atoms with Gasteiger partial charge in [0.15, 0.2) is 0 Å². The van der Waals surface area contributed by atoms with Gasteiger partial charge in [-0.05, 0) is 12.8 Å². The summed E-state index contributed by atoms with van der Waals surface area (Å²) in [7, 11) is 1.98. The number of aliphatic hydroxyl groups excluding tert-OH is 1. The molecule has 1 aliphatic rings. The second kappa shape index (κ2) is 3.38. The molecule has 72 valence electrons. The van der Waals surface area contributed by atoms with E-state index in [0.29, 0.717) is 12.6 Å². The Bertz CT molecular complexity index is 280. The highest BCUT2D eigenvalue weighted by molar-refractivity contribution is 5.34. The maximum absolute atomic E-state index is 8.92. The fourth-order valence-electron chi connectivity index (χ4n) is 1.57. The predicted molar refractivity (Wildman–Crippen MR) is 50.7 cm³/mol. The maximum Gasteiger partial charge on any atom is 0.205 e. The van der Waals surface area contributed by atoms with Gasteiger partial charge in [-0.1, -0.05) is 0 Å². The van der Waals surface area contributed by atoms with Crippen LogP contribution in [0.25, 0.3) is 0 Å². The van der Waals surface area contributed by atoms with Gasteiger partial charge in [-0.15, -0.1) is 0 Å². The molecule has 4 heteroatoms. The smallest absolute Gasteiger partial charge is 0.205 e. The Morgan fingerprint density at radius 1 is 1.69 bits per heavy atom. The van der Waals surface area contributed by atoms with E-state index in [-0.39, 0.29) is 6.61 Å². The Kier molecular flexibility index (Phi) is 2.22. The van der Waals surface area contributed by atoms with Gasteiger partial charge in [-0.3, -0.25) is 0 Å². The van der Waals surface area contributed by atoms with Crippen molar-refractivity contribution in [3.8, 4) is 0 Å². The zero-order chi connectivity index (χ0) is 9.26. The average molecular weight is 181 g/mol. The normalized spacial score (nSPS) is 16.2. The van der Waals surface area contributed by atoms with Crippen molar-refractivity contribution < 1.29 is 5.11 Å². The Hall–Kier alpha value is -1.03.